The summed E-state index contributed by atoms with van der Waals surface area (Å²) in [5.41, 5.74) is 0. The molecule has 2 aliphatic rings. The molecule has 1 unspecified atom stereocenters. The van der Waals surface area contributed by atoms with E-state index in [1.807, 2.05) is 6.92 Å². The Balaban J connectivity index is 1.56. The number of urea groups is 1. The Morgan fingerprint density at radius 1 is 1.23 bits per heavy atom. The van der Waals surface area contributed by atoms with Crippen LogP contribution in [-0.2, 0) is 14.3 Å². The highest BCUT2D eigenvalue weighted by Gasteiger charge is 2.36. The summed E-state index contributed by atoms with van der Waals surface area (Å²) in [6, 6.07) is 0.116. The summed E-state index contributed by atoms with van der Waals surface area (Å²) >= 11 is 0. The van der Waals surface area contributed by atoms with Crippen molar-refractivity contribution in [1.82, 2.24) is 15.1 Å². The van der Waals surface area contributed by atoms with Crippen LogP contribution in [0, 0.1) is 0 Å². The molecule has 0 aromatic rings. The van der Waals surface area contributed by atoms with Crippen LogP contribution in [0.5, 0.6) is 0 Å². The minimum Gasteiger partial charge on any atom is -0.466 e. The number of unbranched alkanes of at least 4 members (excludes halogenated alkanes) is 2. The Hall–Kier alpha value is -1.99. The topological polar surface area (TPSA) is 88.2 Å². The van der Waals surface area contributed by atoms with Crippen molar-refractivity contribution >= 4 is 18.1 Å². The number of amides is 3. The fourth-order valence-corrected chi connectivity index (χ4v) is 3.42. The molecule has 2 fully saturated rings. The predicted octanol–water partition coefficient (Wildman–Crippen LogP) is 2.12. The summed E-state index contributed by atoms with van der Waals surface area (Å²) in [7, 11) is 0. The van der Waals surface area contributed by atoms with Gasteiger partial charge in [0.1, 0.15) is 6.10 Å². The fraction of sp³-hybridized carbons (Fsp3) is 0.833. The minimum absolute atomic E-state index is 0.0485. The van der Waals surface area contributed by atoms with Gasteiger partial charge in [-0.25, -0.2) is 9.59 Å². The van der Waals surface area contributed by atoms with Gasteiger partial charge in [0.2, 0.25) is 0 Å². The Bertz CT molecular complexity index is 491. The third kappa shape index (κ3) is 6.07. The number of likely N-dealkylation sites (tertiary alicyclic amines) is 1. The number of carbonyl (C=O) groups excluding carboxylic acids is 3. The lowest BCUT2D eigenvalue weighted by molar-refractivity contribution is -0.143. The summed E-state index contributed by atoms with van der Waals surface area (Å²) < 4.78 is 10.1. The van der Waals surface area contributed by atoms with Gasteiger partial charge in [0.05, 0.1) is 13.2 Å². The number of hydrogen-bond donors (Lipinski definition) is 1. The largest absolute Gasteiger partial charge is 0.466 e. The monoisotopic (exact) mass is 369 g/mol. The van der Waals surface area contributed by atoms with Crippen LogP contribution in [0.2, 0.25) is 0 Å². The number of cyclic esters (lactones) is 1. The third-order valence-corrected chi connectivity index (χ3v) is 4.82. The molecule has 1 N–H and O–H groups in total. The first kappa shape index (κ1) is 20.3. The van der Waals surface area contributed by atoms with E-state index in [-0.39, 0.29) is 30.2 Å². The molecular formula is C18H31N3O5. The van der Waals surface area contributed by atoms with Crippen molar-refractivity contribution in [2.24, 2.45) is 0 Å². The highest BCUT2D eigenvalue weighted by Crippen LogP contribution is 2.22. The second-order valence-electron chi connectivity index (χ2n) is 6.91. The van der Waals surface area contributed by atoms with E-state index in [0.29, 0.717) is 39.2 Å². The summed E-state index contributed by atoms with van der Waals surface area (Å²) in [6.07, 6.45) is 4.24. The second-order valence-corrected chi connectivity index (χ2v) is 6.91. The molecular weight excluding hydrogens is 338 g/mol. The fourth-order valence-electron chi connectivity index (χ4n) is 3.42. The molecule has 0 aromatic heterocycles. The van der Waals surface area contributed by atoms with Gasteiger partial charge >= 0.3 is 18.1 Å². The number of esters is 1. The van der Waals surface area contributed by atoms with Crippen LogP contribution >= 0.6 is 0 Å². The summed E-state index contributed by atoms with van der Waals surface area (Å²) in [5, 5.41) is 2.93. The molecule has 0 aliphatic carbocycles. The van der Waals surface area contributed by atoms with Gasteiger partial charge in [-0.2, -0.15) is 0 Å². The number of rotatable bonds is 8. The molecule has 2 saturated heterocycles. The molecule has 3 amide bonds. The number of ether oxygens (including phenoxy) is 2. The van der Waals surface area contributed by atoms with E-state index in [1.165, 1.54) is 0 Å². The van der Waals surface area contributed by atoms with Crippen molar-refractivity contribution in [2.75, 3.05) is 32.8 Å². The highest BCUT2D eigenvalue weighted by atomic mass is 16.6. The van der Waals surface area contributed by atoms with Gasteiger partial charge in [-0.15, -0.1) is 0 Å². The number of hydrogen-bond acceptors (Lipinski definition) is 5. The zero-order chi connectivity index (χ0) is 18.9. The molecule has 1 atom stereocenters. The molecule has 2 rings (SSSR count). The van der Waals surface area contributed by atoms with E-state index in [4.69, 9.17) is 9.47 Å². The van der Waals surface area contributed by atoms with Gasteiger partial charge in [-0.3, -0.25) is 4.79 Å². The van der Waals surface area contributed by atoms with Crippen LogP contribution in [0.25, 0.3) is 0 Å². The molecule has 0 radical (unpaired) electrons. The lowest BCUT2D eigenvalue weighted by Gasteiger charge is -2.35. The van der Waals surface area contributed by atoms with E-state index in [9.17, 15) is 14.4 Å². The van der Waals surface area contributed by atoms with Crippen molar-refractivity contribution in [2.45, 2.75) is 64.5 Å². The van der Waals surface area contributed by atoms with E-state index in [0.717, 1.165) is 32.1 Å². The van der Waals surface area contributed by atoms with Crippen molar-refractivity contribution < 1.29 is 23.9 Å². The molecule has 0 aromatic carbocycles. The SMILES string of the molecule is CCOC(=O)CCCCCNC(=O)N1CCC(N2CC(C)OC2=O)CC1. The average Bonchev–Trinajstić information content (AvgIpc) is 2.96. The first-order valence-corrected chi connectivity index (χ1v) is 9.67. The molecule has 0 spiro atoms. The number of nitrogens with zero attached hydrogens (tertiary/aromatic N) is 2. The normalized spacial score (nSPS) is 20.8. The molecule has 2 aliphatic heterocycles. The van der Waals surface area contributed by atoms with Crippen molar-refractivity contribution in [1.29, 1.82) is 0 Å². The first-order chi connectivity index (χ1) is 12.5. The molecule has 26 heavy (non-hydrogen) atoms. The van der Waals surface area contributed by atoms with E-state index < -0.39 is 0 Å². The van der Waals surface area contributed by atoms with E-state index >= 15 is 0 Å². The maximum atomic E-state index is 12.2. The van der Waals surface area contributed by atoms with Crippen LogP contribution in [0.1, 0.15) is 52.4 Å². The van der Waals surface area contributed by atoms with E-state index in [2.05, 4.69) is 5.32 Å². The number of piperidine rings is 1. The lowest BCUT2D eigenvalue weighted by atomic mass is 10.0. The Kier molecular flexibility index (Phi) is 8.00. The molecule has 8 nitrogen and oxygen atoms in total. The standard InChI is InChI=1S/C18H31N3O5/c1-3-25-16(22)7-5-4-6-10-19-17(23)20-11-8-15(9-12-20)21-13-14(2)26-18(21)24/h14-15H,3-13H2,1-2H3,(H,19,23). The van der Waals surface area contributed by atoms with Crippen molar-refractivity contribution in [3.8, 4) is 0 Å². The third-order valence-electron chi connectivity index (χ3n) is 4.82. The van der Waals surface area contributed by atoms with E-state index in [1.54, 1.807) is 16.7 Å². The summed E-state index contributed by atoms with van der Waals surface area (Å²) in [6.45, 7) is 6.67. The van der Waals surface area contributed by atoms with Gasteiger partial charge in [-0.05, 0) is 39.5 Å². The maximum absolute atomic E-state index is 12.2. The molecule has 0 saturated carbocycles. The van der Waals surface area contributed by atoms with Crippen molar-refractivity contribution in [3.63, 3.8) is 0 Å². The van der Waals surface area contributed by atoms with Gasteiger partial charge in [-0.1, -0.05) is 6.42 Å². The molecule has 8 heteroatoms. The Morgan fingerprint density at radius 2 is 1.96 bits per heavy atom. The van der Waals surface area contributed by atoms with Gasteiger partial charge in [0, 0.05) is 32.1 Å². The van der Waals surface area contributed by atoms with Crippen LogP contribution in [0.4, 0.5) is 9.59 Å². The van der Waals surface area contributed by atoms with Crippen LogP contribution < -0.4 is 5.32 Å². The Labute approximate surface area is 155 Å². The quantitative estimate of drug-likeness (QED) is 0.523. The second kappa shape index (κ2) is 10.2. The van der Waals surface area contributed by atoms with Crippen LogP contribution in [0.3, 0.4) is 0 Å². The maximum Gasteiger partial charge on any atom is 0.410 e. The average molecular weight is 369 g/mol. The van der Waals surface area contributed by atoms with Crippen LogP contribution in [0.15, 0.2) is 0 Å². The smallest absolute Gasteiger partial charge is 0.410 e. The first-order valence-electron chi connectivity index (χ1n) is 9.67. The lowest BCUT2D eigenvalue weighted by Crippen LogP contribution is -2.50. The molecule has 0 bridgehead atoms. The summed E-state index contributed by atoms with van der Waals surface area (Å²) in [4.78, 5) is 38.8. The predicted molar refractivity (Wildman–Crippen MR) is 95.7 cm³/mol. The summed E-state index contributed by atoms with van der Waals surface area (Å²) in [5.74, 6) is -0.157. The Morgan fingerprint density at radius 3 is 2.58 bits per heavy atom. The zero-order valence-corrected chi connectivity index (χ0v) is 15.9. The molecule has 148 valence electrons. The number of carbonyl (C=O) groups is 3. The number of nitrogens with one attached hydrogen (secondary N) is 1. The van der Waals surface area contributed by atoms with Crippen LogP contribution in [-0.4, -0.2) is 72.8 Å². The zero-order valence-electron chi connectivity index (χ0n) is 15.9. The molecule has 2 heterocycles. The van der Waals surface area contributed by atoms with Crippen molar-refractivity contribution in [3.05, 3.63) is 0 Å². The van der Waals surface area contributed by atoms with Gasteiger partial charge < -0.3 is 24.6 Å². The minimum atomic E-state index is -0.233. The van der Waals surface area contributed by atoms with Gasteiger partial charge in [0.15, 0.2) is 0 Å². The highest BCUT2D eigenvalue weighted by molar-refractivity contribution is 5.74. The van der Waals surface area contributed by atoms with Gasteiger partial charge in [0.25, 0.3) is 0 Å².